The highest BCUT2D eigenvalue weighted by Gasteiger charge is 2.44. The van der Waals surface area contributed by atoms with Crippen LogP contribution in [-0.2, 0) is 19.0 Å². The van der Waals surface area contributed by atoms with Gasteiger partial charge in [0.1, 0.15) is 18.8 Å². The molecule has 1 aliphatic carbocycles. The average Bonchev–Trinajstić information content (AvgIpc) is 2.78. The molecule has 0 bridgehead atoms. The second-order valence-electron chi connectivity index (χ2n) is 6.93. The highest BCUT2D eigenvalue weighted by atomic mass is 16.6. The molecule has 0 spiro atoms. The molecule has 31 heavy (non-hydrogen) atoms. The summed E-state index contributed by atoms with van der Waals surface area (Å²) in [7, 11) is 0. The van der Waals surface area contributed by atoms with Crippen molar-refractivity contribution in [3.63, 3.8) is 0 Å². The van der Waals surface area contributed by atoms with Gasteiger partial charge in [-0.15, -0.1) is 0 Å². The van der Waals surface area contributed by atoms with Crippen LogP contribution in [0.4, 0.5) is 0 Å². The van der Waals surface area contributed by atoms with Crippen molar-refractivity contribution in [2.24, 2.45) is 0 Å². The Morgan fingerprint density at radius 1 is 0.839 bits per heavy atom. The lowest BCUT2D eigenvalue weighted by Gasteiger charge is -2.36. The summed E-state index contributed by atoms with van der Waals surface area (Å²) in [6.45, 7) is 0.815. The summed E-state index contributed by atoms with van der Waals surface area (Å²) in [5.74, 6) is -2.09. The number of aliphatic hydroxyl groups is 2. The molecule has 0 fully saturated rings. The number of benzene rings is 2. The van der Waals surface area contributed by atoms with Gasteiger partial charge in [-0.05, 0) is 30.3 Å². The van der Waals surface area contributed by atoms with Gasteiger partial charge in [-0.3, -0.25) is 4.79 Å². The Morgan fingerprint density at radius 2 is 1.39 bits per heavy atom. The van der Waals surface area contributed by atoms with Crippen molar-refractivity contribution in [1.29, 1.82) is 0 Å². The first-order chi connectivity index (χ1) is 14.9. The molecule has 2 aromatic rings. The minimum absolute atomic E-state index is 0.183. The second-order valence-corrected chi connectivity index (χ2v) is 6.93. The van der Waals surface area contributed by atoms with Gasteiger partial charge in [-0.2, -0.15) is 0 Å². The lowest BCUT2D eigenvalue weighted by Crippen LogP contribution is -2.52. The van der Waals surface area contributed by atoms with Crippen LogP contribution in [0.15, 0.2) is 72.3 Å². The van der Waals surface area contributed by atoms with E-state index in [0.717, 1.165) is 6.92 Å². The normalized spacial score (nSPS) is 22.7. The number of carbonyl (C=O) groups excluding carboxylic acids is 3. The number of carbonyl (C=O) groups is 3. The molecule has 3 rings (SSSR count). The van der Waals surface area contributed by atoms with E-state index in [2.05, 4.69) is 0 Å². The zero-order valence-corrected chi connectivity index (χ0v) is 16.7. The third-order valence-corrected chi connectivity index (χ3v) is 4.66. The molecule has 1 aliphatic rings. The second kappa shape index (κ2) is 10.0. The minimum atomic E-state index is -1.55. The van der Waals surface area contributed by atoms with E-state index in [-0.39, 0.29) is 17.7 Å². The van der Waals surface area contributed by atoms with Crippen LogP contribution < -0.4 is 0 Å². The summed E-state index contributed by atoms with van der Waals surface area (Å²) in [4.78, 5) is 36.4. The van der Waals surface area contributed by atoms with E-state index >= 15 is 0 Å². The smallest absolute Gasteiger partial charge is 0.338 e. The maximum absolute atomic E-state index is 12.5. The van der Waals surface area contributed by atoms with Crippen LogP contribution in [0.1, 0.15) is 27.6 Å². The van der Waals surface area contributed by atoms with Crippen LogP contribution in [0.25, 0.3) is 0 Å². The summed E-state index contributed by atoms with van der Waals surface area (Å²) < 4.78 is 15.9. The predicted molar refractivity (Wildman–Crippen MR) is 108 cm³/mol. The molecule has 0 saturated carbocycles. The molecule has 4 atom stereocenters. The van der Waals surface area contributed by atoms with E-state index in [1.54, 1.807) is 48.5 Å². The van der Waals surface area contributed by atoms with Gasteiger partial charge in [-0.25, -0.2) is 9.59 Å². The van der Waals surface area contributed by atoms with Crippen molar-refractivity contribution in [3.05, 3.63) is 83.4 Å². The van der Waals surface area contributed by atoms with Crippen LogP contribution in [-0.4, -0.2) is 59.1 Å². The standard InChI is InChI=1S/C23H22O8/c1-14(24)30-20-17(13-29-22(27)15-8-4-2-5-9-15)12-18(25)19(26)21(20)31-23(28)16-10-6-3-7-11-16/h2-12,18-21,25-26H,13H2,1H3/t18-,19-,20+,21-/m1/s1. The molecule has 2 aromatic carbocycles. The monoisotopic (exact) mass is 426 g/mol. The van der Waals surface area contributed by atoms with Crippen molar-refractivity contribution < 1.29 is 38.8 Å². The number of rotatable bonds is 6. The first-order valence-electron chi connectivity index (χ1n) is 9.59. The SMILES string of the molecule is CC(=O)O[C@H]1C(COC(=O)c2ccccc2)=C[C@@H](O)[C@@H](O)[C@H]1OC(=O)c1ccccc1. The van der Waals surface area contributed by atoms with Crippen LogP contribution in [0.5, 0.6) is 0 Å². The lowest BCUT2D eigenvalue weighted by atomic mass is 9.89. The third-order valence-electron chi connectivity index (χ3n) is 4.66. The number of aliphatic hydroxyl groups excluding tert-OH is 2. The van der Waals surface area contributed by atoms with E-state index in [1.807, 2.05) is 0 Å². The fraction of sp³-hybridized carbons (Fsp3) is 0.261. The fourth-order valence-electron chi connectivity index (χ4n) is 3.15. The van der Waals surface area contributed by atoms with Gasteiger partial charge >= 0.3 is 17.9 Å². The van der Waals surface area contributed by atoms with Gasteiger partial charge in [0, 0.05) is 12.5 Å². The highest BCUT2D eigenvalue weighted by Crippen LogP contribution is 2.27. The van der Waals surface area contributed by atoms with E-state index in [0.29, 0.717) is 5.56 Å². The Bertz CT molecular complexity index is 954. The Hall–Kier alpha value is -3.49. The number of ether oxygens (including phenoxy) is 3. The zero-order chi connectivity index (χ0) is 22.4. The molecule has 0 amide bonds. The van der Waals surface area contributed by atoms with E-state index < -0.39 is 42.3 Å². The fourth-order valence-corrected chi connectivity index (χ4v) is 3.15. The summed E-state index contributed by atoms with van der Waals surface area (Å²) in [6.07, 6.45) is -4.39. The van der Waals surface area contributed by atoms with Crippen molar-refractivity contribution in [3.8, 4) is 0 Å². The molecule has 8 heteroatoms. The van der Waals surface area contributed by atoms with Crippen molar-refractivity contribution in [2.75, 3.05) is 6.61 Å². The third kappa shape index (κ3) is 5.56. The van der Waals surface area contributed by atoms with E-state index in [1.165, 1.54) is 18.2 Å². The van der Waals surface area contributed by atoms with Crippen LogP contribution in [0.3, 0.4) is 0 Å². The summed E-state index contributed by atoms with van der Waals surface area (Å²) in [5.41, 5.74) is 0.719. The quantitative estimate of drug-likeness (QED) is 0.407. The topological polar surface area (TPSA) is 119 Å². The van der Waals surface area contributed by atoms with Gasteiger partial charge in [0.05, 0.1) is 11.1 Å². The average molecular weight is 426 g/mol. The van der Waals surface area contributed by atoms with Crippen molar-refractivity contribution >= 4 is 17.9 Å². The van der Waals surface area contributed by atoms with Crippen molar-refractivity contribution in [1.82, 2.24) is 0 Å². The van der Waals surface area contributed by atoms with Gasteiger partial charge in [-0.1, -0.05) is 36.4 Å². The van der Waals surface area contributed by atoms with Crippen LogP contribution in [0.2, 0.25) is 0 Å². The molecule has 162 valence electrons. The first-order valence-corrected chi connectivity index (χ1v) is 9.59. The maximum atomic E-state index is 12.5. The van der Waals surface area contributed by atoms with Gasteiger partial charge < -0.3 is 24.4 Å². The van der Waals surface area contributed by atoms with Gasteiger partial charge in [0.15, 0.2) is 12.2 Å². The Balaban J connectivity index is 1.80. The molecule has 8 nitrogen and oxygen atoms in total. The van der Waals surface area contributed by atoms with Crippen LogP contribution >= 0.6 is 0 Å². The lowest BCUT2D eigenvalue weighted by molar-refractivity contribution is -0.160. The summed E-state index contributed by atoms with van der Waals surface area (Å²) in [5, 5.41) is 20.7. The molecule has 0 unspecified atom stereocenters. The summed E-state index contributed by atoms with van der Waals surface area (Å²) in [6, 6.07) is 16.3. The van der Waals surface area contributed by atoms with Crippen molar-refractivity contribution in [2.45, 2.75) is 31.3 Å². The van der Waals surface area contributed by atoms with Gasteiger partial charge in [0.25, 0.3) is 0 Å². The molecule has 0 radical (unpaired) electrons. The van der Waals surface area contributed by atoms with Gasteiger partial charge in [0.2, 0.25) is 0 Å². The molecule has 0 heterocycles. The Labute approximate surface area is 178 Å². The number of hydrogen-bond acceptors (Lipinski definition) is 8. The molecule has 2 N–H and O–H groups in total. The Kier molecular flexibility index (Phi) is 7.17. The molecule has 0 saturated heterocycles. The van der Waals surface area contributed by atoms with E-state index in [4.69, 9.17) is 14.2 Å². The highest BCUT2D eigenvalue weighted by molar-refractivity contribution is 5.90. The zero-order valence-electron chi connectivity index (χ0n) is 16.7. The van der Waals surface area contributed by atoms with E-state index in [9.17, 15) is 24.6 Å². The Morgan fingerprint density at radius 3 is 1.94 bits per heavy atom. The molecule has 0 aliphatic heterocycles. The maximum Gasteiger partial charge on any atom is 0.338 e. The molecular formula is C23H22O8. The minimum Gasteiger partial charge on any atom is -0.457 e. The number of hydrogen-bond donors (Lipinski definition) is 2. The first kappa shape index (κ1) is 22.2. The summed E-state index contributed by atoms with van der Waals surface area (Å²) >= 11 is 0. The number of esters is 3. The molecular weight excluding hydrogens is 404 g/mol. The van der Waals surface area contributed by atoms with Crippen LogP contribution in [0, 0.1) is 0 Å². The molecule has 0 aromatic heterocycles. The predicted octanol–water partition coefficient (Wildman–Crippen LogP) is 1.66. The largest absolute Gasteiger partial charge is 0.457 e.